The van der Waals surface area contributed by atoms with Gasteiger partial charge in [0.15, 0.2) is 5.82 Å². The molecule has 1 saturated carbocycles. The van der Waals surface area contributed by atoms with Gasteiger partial charge in [0, 0.05) is 11.1 Å². The Kier molecular flexibility index (Phi) is 2.92. The Morgan fingerprint density at radius 2 is 2.19 bits per heavy atom. The lowest BCUT2D eigenvalue weighted by Gasteiger charge is -2.15. The molecule has 1 aliphatic carbocycles. The minimum atomic E-state index is -0.335. The highest BCUT2D eigenvalue weighted by molar-refractivity contribution is 9.10. The summed E-state index contributed by atoms with van der Waals surface area (Å²) in [7, 11) is 0. The topological polar surface area (TPSA) is 38.0 Å². The Morgan fingerprint density at radius 3 is 2.69 bits per heavy atom. The maximum Gasteiger partial charge on any atom is 0.161 e. The van der Waals surface area contributed by atoms with E-state index in [0.717, 1.165) is 12.8 Å². The monoisotopic (exact) mass is 302 g/mol. The zero-order valence-electron chi connectivity index (χ0n) is 8.81. The fraction of sp³-hybridized carbons (Fsp3) is 0.364. The standard InChI is InChI=1S/C11H12BrFN2S/c1-11(4-5-11)15-7-3-2-6(10(14)16)8(12)9(7)13/h2-3,15H,4-5H2,1H3,(H2,14,16). The number of halogens is 2. The predicted molar refractivity (Wildman–Crippen MR) is 71.2 cm³/mol. The summed E-state index contributed by atoms with van der Waals surface area (Å²) in [4.78, 5) is 0.190. The number of thiocarbonyl (C=S) groups is 1. The van der Waals surface area contributed by atoms with Crippen LogP contribution in [0.5, 0.6) is 0 Å². The van der Waals surface area contributed by atoms with Crippen molar-refractivity contribution in [1.29, 1.82) is 0 Å². The summed E-state index contributed by atoms with van der Waals surface area (Å²) < 4.78 is 14.3. The van der Waals surface area contributed by atoms with Crippen molar-refractivity contribution in [2.45, 2.75) is 25.3 Å². The lowest BCUT2D eigenvalue weighted by Crippen LogP contribution is -2.18. The van der Waals surface area contributed by atoms with Crippen LogP contribution in [0.3, 0.4) is 0 Å². The number of nitrogens with one attached hydrogen (secondary N) is 1. The van der Waals surface area contributed by atoms with Gasteiger partial charge in [-0.05, 0) is 47.8 Å². The summed E-state index contributed by atoms with van der Waals surface area (Å²) >= 11 is 8.01. The average molecular weight is 303 g/mol. The van der Waals surface area contributed by atoms with E-state index in [4.69, 9.17) is 18.0 Å². The number of benzene rings is 1. The van der Waals surface area contributed by atoms with E-state index in [2.05, 4.69) is 28.2 Å². The van der Waals surface area contributed by atoms with E-state index in [0.29, 0.717) is 15.7 Å². The molecular weight excluding hydrogens is 291 g/mol. The van der Waals surface area contributed by atoms with Crippen LogP contribution in [0.1, 0.15) is 25.3 Å². The van der Waals surface area contributed by atoms with Crippen molar-refractivity contribution in [1.82, 2.24) is 0 Å². The number of hydrogen-bond acceptors (Lipinski definition) is 2. The third kappa shape index (κ3) is 2.20. The van der Waals surface area contributed by atoms with Gasteiger partial charge in [-0.2, -0.15) is 0 Å². The third-order valence-corrected chi connectivity index (χ3v) is 3.78. The molecule has 86 valence electrons. The van der Waals surface area contributed by atoms with Crippen LogP contribution in [0, 0.1) is 5.82 Å². The van der Waals surface area contributed by atoms with Crippen LogP contribution in [-0.4, -0.2) is 10.5 Å². The summed E-state index contributed by atoms with van der Waals surface area (Å²) in [6.45, 7) is 2.07. The molecule has 0 atom stereocenters. The maximum atomic E-state index is 14.0. The molecule has 2 rings (SSSR count). The maximum absolute atomic E-state index is 14.0. The predicted octanol–water partition coefficient (Wildman–Crippen LogP) is 3.19. The quantitative estimate of drug-likeness (QED) is 0.842. The van der Waals surface area contributed by atoms with Gasteiger partial charge in [-0.25, -0.2) is 4.39 Å². The smallest absolute Gasteiger partial charge is 0.161 e. The number of nitrogens with two attached hydrogens (primary N) is 1. The second-order valence-corrected chi connectivity index (χ2v) is 5.57. The van der Waals surface area contributed by atoms with Crippen molar-refractivity contribution in [3.63, 3.8) is 0 Å². The van der Waals surface area contributed by atoms with Gasteiger partial charge >= 0.3 is 0 Å². The first kappa shape index (κ1) is 11.8. The molecule has 3 N–H and O–H groups in total. The molecule has 16 heavy (non-hydrogen) atoms. The van der Waals surface area contributed by atoms with Crippen molar-refractivity contribution in [2.75, 3.05) is 5.32 Å². The number of anilines is 1. The molecule has 0 amide bonds. The highest BCUT2D eigenvalue weighted by Crippen LogP contribution is 2.39. The van der Waals surface area contributed by atoms with E-state index < -0.39 is 0 Å². The zero-order chi connectivity index (χ0) is 11.9. The van der Waals surface area contributed by atoms with E-state index in [9.17, 15) is 4.39 Å². The molecule has 1 aromatic carbocycles. The molecule has 0 spiro atoms. The van der Waals surface area contributed by atoms with Gasteiger partial charge in [0.1, 0.15) is 4.99 Å². The summed E-state index contributed by atoms with van der Waals surface area (Å²) in [5.74, 6) is -0.335. The summed E-state index contributed by atoms with van der Waals surface area (Å²) in [5, 5.41) is 3.18. The normalized spacial score (nSPS) is 16.9. The molecule has 0 saturated heterocycles. The highest BCUT2D eigenvalue weighted by atomic mass is 79.9. The second kappa shape index (κ2) is 3.96. The van der Waals surface area contributed by atoms with Crippen LogP contribution >= 0.6 is 28.1 Å². The van der Waals surface area contributed by atoms with Gasteiger partial charge in [0.2, 0.25) is 0 Å². The van der Waals surface area contributed by atoms with Crippen LogP contribution < -0.4 is 11.1 Å². The van der Waals surface area contributed by atoms with Crippen molar-refractivity contribution in [3.05, 3.63) is 28.0 Å². The second-order valence-electron chi connectivity index (χ2n) is 4.34. The molecule has 0 heterocycles. The first-order valence-corrected chi connectivity index (χ1v) is 6.19. The Hall–Kier alpha value is -0.680. The van der Waals surface area contributed by atoms with Crippen LogP contribution in [-0.2, 0) is 0 Å². The fourth-order valence-electron chi connectivity index (χ4n) is 1.47. The number of rotatable bonds is 3. The van der Waals surface area contributed by atoms with Gasteiger partial charge in [-0.3, -0.25) is 0 Å². The molecule has 1 fully saturated rings. The average Bonchev–Trinajstić information content (AvgIpc) is 2.91. The van der Waals surface area contributed by atoms with Crippen molar-refractivity contribution in [3.8, 4) is 0 Å². The van der Waals surface area contributed by atoms with E-state index in [1.165, 1.54) is 0 Å². The van der Waals surface area contributed by atoms with Crippen LogP contribution in [0.4, 0.5) is 10.1 Å². The Labute approximate surface area is 108 Å². The van der Waals surface area contributed by atoms with Crippen molar-refractivity contribution < 1.29 is 4.39 Å². The van der Waals surface area contributed by atoms with Crippen LogP contribution in [0.25, 0.3) is 0 Å². The minimum Gasteiger partial charge on any atom is -0.389 e. The molecular formula is C11H12BrFN2S. The molecule has 0 unspecified atom stereocenters. The van der Waals surface area contributed by atoms with E-state index in [1.54, 1.807) is 12.1 Å². The van der Waals surface area contributed by atoms with Crippen molar-refractivity contribution in [2.24, 2.45) is 5.73 Å². The zero-order valence-corrected chi connectivity index (χ0v) is 11.2. The molecule has 1 aromatic rings. The lowest BCUT2D eigenvalue weighted by atomic mass is 10.1. The van der Waals surface area contributed by atoms with Gasteiger partial charge in [0.25, 0.3) is 0 Å². The molecule has 0 radical (unpaired) electrons. The molecule has 1 aliphatic rings. The van der Waals surface area contributed by atoms with Crippen LogP contribution in [0.2, 0.25) is 0 Å². The van der Waals surface area contributed by atoms with Gasteiger partial charge in [0.05, 0.1) is 10.2 Å². The van der Waals surface area contributed by atoms with Gasteiger partial charge in [-0.15, -0.1) is 0 Å². The minimum absolute atomic E-state index is 0.0466. The fourth-order valence-corrected chi connectivity index (χ4v) is 2.33. The molecule has 0 aromatic heterocycles. The van der Waals surface area contributed by atoms with Gasteiger partial charge in [-0.1, -0.05) is 12.2 Å². The van der Waals surface area contributed by atoms with Crippen LogP contribution in [0.15, 0.2) is 16.6 Å². The van der Waals surface area contributed by atoms with Gasteiger partial charge < -0.3 is 11.1 Å². The third-order valence-electron chi connectivity index (χ3n) is 2.78. The SMILES string of the molecule is CC1(Nc2ccc(C(N)=S)c(Br)c2F)CC1. The summed E-state index contributed by atoms with van der Waals surface area (Å²) in [5.41, 5.74) is 6.55. The largest absolute Gasteiger partial charge is 0.389 e. The molecule has 0 bridgehead atoms. The van der Waals surface area contributed by atoms with E-state index in [1.807, 2.05) is 0 Å². The summed E-state index contributed by atoms with van der Waals surface area (Å²) in [6.07, 6.45) is 2.14. The number of hydrogen-bond donors (Lipinski definition) is 2. The van der Waals surface area contributed by atoms with Crippen molar-refractivity contribution >= 4 is 38.8 Å². The molecule has 5 heteroatoms. The molecule has 0 aliphatic heterocycles. The highest BCUT2D eigenvalue weighted by Gasteiger charge is 2.37. The first-order chi connectivity index (χ1) is 7.43. The Morgan fingerprint density at radius 1 is 1.56 bits per heavy atom. The molecule has 2 nitrogen and oxygen atoms in total. The first-order valence-electron chi connectivity index (χ1n) is 4.99. The Balaban J connectivity index is 2.34. The Bertz CT molecular complexity index is 458. The van der Waals surface area contributed by atoms with E-state index >= 15 is 0 Å². The summed E-state index contributed by atoms with van der Waals surface area (Å²) in [6, 6.07) is 3.40. The van der Waals surface area contributed by atoms with E-state index in [-0.39, 0.29) is 16.3 Å². The lowest BCUT2D eigenvalue weighted by molar-refractivity contribution is 0.619.